The van der Waals surface area contributed by atoms with Crippen LogP contribution in [0.15, 0.2) is 0 Å². The number of hydrogen-bond acceptors (Lipinski definition) is 4. The molecule has 130 valence electrons. The minimum Gasteiger partial charge on any atom is -0.366 e. The third kappa shape index (κ3) is 4.06. The van der Waals surface area contributed by atoms with E-state index in [4.69, 9.17) is 4.74 Å². The zero-order valence-electron chi connectivity index (χ0n) is 13.4. The van der Waals surface area contributed by atoms with Crippen molar-refractivity contribution in [2.75, 3.05) is 46.4 Å². The highest BCUT2D eigenvalue weighted by Gasteiger charge is 2.45. The van der Waals surface area contributed by atoms with Gasteiger partial charge in [0.1, 0.15) is 6.10 Å². The number of ether oxygens (including phenoxy) is 1. The van der Waals surface area contributed by atoms with Crippen LogP contribution in [0.5, 0.6) is 0 Å². The summed E-state index contributed by atoms with van der Waals surface area (Å²) in [7, 11) is 2.18. The second-order valence-corrected chi connectivity index (χ2v) is 6.58. The van der Waals surface area contributed by atoms with E-state index in [-0.39, 0.29) is 42.4 Å². The summed E-state index contributed by atoms with van der Waals surface area (Å²) in [5.41, 5.74) is 0.0726. The molecule has 1 aliphatic carbocycles. The van der Waals surface area contributed by atoms with Crippen LogP contribution >= 0.6 is 24.8 Å². The second kappa shape index (κ2) is 8.69. The number of morpholine rings is 1. The van der Waals surface area contributed by atoms with E-state index in [0.717, 1.165) is 39.0 Å². The third-order valence-corrected chi connectivity index (χ3v) is 5.10. The van der Waals surface area contributed by atoms with Crippen molar-refractivity contribution >= 4 is 30.7 Å². The number of halogens is 2. The number of likely N-dealkylation sites (N-methyl/N-ethyl adjacent to an activating group) is 1. The molecule has 22 heavy (non-hydrogen) atoms. The highest BCUT2D eigenvalue weighted by molar-refractivity contribution is 5.85. The third-order valence-electron chi connectivity index (χ3n) is 5.10. The van der Waals surface area contributed by atoms with Crippen LogP contribution in [0.25, 0.3) is 0 Å². The summed E-state index contributed by atoms with van der Waals surface area (Å²) in [6, 6.07) is 0. The smallest absolute Gasteiger partial charge is 0.253 e. The van der Waals surface area contributed by atoms with Gasteiger partial charge in [-0.3, -0.25) is 4.79 Å². The average Bonchev–Trinajstić information content (AvgIpc) is 2.48. The molecule has 1 spiro atoms. The summed E-state index contributed by atoms with van der Waals surface area (Å²) >= 11 is 0. The van der Waals surface area contributed by atoms with Gasteiger partial charge in [-0.05, 0) is 19.9 Å². The molecule has 1 saturated carbocycles. The molecule has 3 aliphatic rings. The molecule has 1 atom stereocenters. The van der Waals surface area contributed by atoms with Crippen LogP contribution in [-0.2, 0) is 9.53 Å². The Balaban J connectivity index is 0.00000121. The molecule has 5 nitrogen and oxygen atoms in total. The van der Waals surface area contributed by atoms with Gasteiger partial charge in [0.2, 0.25) is 0 Å². The van der Waals surface area contributed by atoms with Gasteiger partial charge in [0.15, 0.2) is 0 Å². The van der Waals surface area contributed by atoms with Crippen LogP contribution in [0, 0.1) is 0 Å². The molecule has 1 unspecified atom stereocenters. The zero-order valence-corrected chi connectivity index (χ0v) is 15.0. The molecule has 0 aromatic heterocycles. The van der Waals surface area contributed by atoms with Crippen LogP contribution in [0.2, 0.25) is 0 Å². The van der Waals surface area contributed by atoms with Crippen LogP contribution in [0.3, 0.4) is 0 Å². The van der Waals surface area contributed by atoms with Crippen molar-refractivity contribution < 1.29 is 9.53 Å². The van der Waals surface area contributed by atoms with Crippen molar-refractivity contribution in [3.63, 3.8) is 0 Å². The molecule has 0 aromatic rings. The second-order valence-electron chi connectivity index (χ2n) is 6.58. The standard InChI is InChI=1S/C15H27N3O2.2ClH/c1-17-8-9-18(14(19)13-11-16-7-10-20-13)15(12-17)5-3-2-4-6-15;;/h13,16H,2-12H2,1H3;2*1H. The number of amides is 1. The Bertz CT molecular complexity index is 359. The first-order valence-electron chi connectivity index (χ1n) is 8.04. The number of rotatable bonds is 1. The first-order chi connectivity index (χ1) is 9.71. The lowest BCUT2D eigenvalue weighted by atomic mass is 9.78. The molecule has 2 saturated heterocycles. The zero-order chi connectivity index (χ0) is 14.0. The van der Waals surface area contributed by atoms with Gasteiger partial charge in [-0.1, -0.05) is 19.3 Å². The molecule has 2 heterocycles. The Labute approximate surface area is 145 Å². The highest BCUT2D eigenvalue weighted by atomic mass is 35.5. The van der Waals surface area contributed by atoms with E-state index in [2.05, 4.69) is 22.2 Å². The fraction of sp³-hybridized carbons (Fsp3) is 0.933. The lowest BCUT2D eigenvalue weighted by Crippen LogP contribution is -2.66. The van der Waals surface area contributed by atoms with E-state index in [1.54, 1.807) is 0 Å². The summed E-state index contributed by atoms with van der Waals surface area (Å²) in [5, 5.41) is 3.27. The molecule has 1 N–H and O–H groups in total. The van der Waals surface area contributed by atoms with Gasteiger partial charge in [-0.2, -0.15) is 0 Å². The highest BCUT2D eigenvalue weighted by Crippen LogP contribution is 2.36. The van der Waals surface area contributed by atoms with E-state index in [9.17, 15) is 4.79 Å². The molecule has 3 rings (SSSR count). The van der Waals surface area contributed by atoms with E-state index in [0.29, 0.717) is 13.2 Å². The minimum absolute atomic E-state index is 0. The number of carbonyl (C=O) groups excluding carboxylic acids is 1. The monoisotopic (exact) mass is 353 g/mol. The molecule has 0 radical (unpaired) electrons. The summed E-state index contributed by atoms with van der Waals surface area (Å²) in [6.45, 7) is 5.04. The van der Waals surface area contributed by atoms with Gasteiger partial charge in [0.05, 0.1) is 12.1 Å². The first kappa shape index (κ1) is 20.0. The average molecular weight is 354 g/mol. The van der Waals surface area contributed by atoms with Gasteiger partial charge in [-0.15, -0.1) is 24.8 Å². The summed E-state index contributed by atoms with van der Waals surface area (Å²) in [5.74, 6) is 0.215. The van der Waals surface area contributed by atoms with Crippen molar-refractivity contribution in [2.45, 2.75) is 43.7 Å². The van der Waals surface area contributed by atoms with Crippen LogP contribution < -0.4 is 5.32 Å². The lowest BCUT2D eigenvalue weighted by Gasteiger charge is -2.53. The number of hydrogen-bond donors (Lipinski definition) is 1. The summed E-state index contributed by atoms with van der Waals surface area (Å²) in [4.78, 5) is 17.4. The number of piperazine rings is 1. The van der Waals surface area contributed by atoms with E-state index in [1.165, 1.54) is 19.3 Å². The largest absolute Gasteiger partial charge is 0.366 e. The number of nitrogens with one attached hydrogen (secondary N) is 1. The van der Waals surface area contributed by atoms with Gasteiger partial charge < -0.3 is 19.9 Å². The minimum atomic E-state index is -0.272. The molecule has 7 heteroatoms. The summed E-state index contributed by atoms with van der Waals surface area (Å²) in [6.07, 6.45) is 5.86. The van der Waals surface area contributed by atoms with Gasteiger partial charge in [-0.25, -0.2) is 0 Å². The van der Waals surface area contributed by atoms with Crippen LogP contribution in [0.1, 0.15) is 32.1 Å². The first-order valence-corrected chi connectivity index (χ1v) is 8.04. The van der Waals surface area contributed by atoms with Gasteiger partial charge in [0, 0.05) is 32.7 Å². The SMILES string of the molecule is CN1CCN(C(=O)C2CNCCO2)C2(CCCCC2)C1.Cl.Cl. The van der Waals surface area contributed by atoms with Crippen molar-refractivity contribution in [2.24, 2.45) is 0 Å². The Kier molecular flexibility index (Phi) is 7.89. The fourth-order valence-electron chi connectivity index (χ4n) is 4.05. The van der Waals surface area contributed by atoms with Crippen LogP contribution in [0.4, 0.5) is 0 Å². The number of carbonyl (C=O) groups is 1. The predicted molar refractivity (Wildman–Crippen MR) is 92.1 cm³/mol. The maximum atomic E-state index is 12.9. The Morgan fingerprint density at radius 2 is 1.91 bits per heavy atom. The molecule has 0 aromatic carbocycles. The predicted octanol–water partition coefficient (Wildman–Crippen LogP) is 1.30. The van der Waals surface area contributed by atoms with E-state index >= 15 is 0 Å². The van der Waals surface area contributed by atoms with Crippen molar-refractivity contribution in [1.82, 2.24) is 15.1 Å². The molecule has 2 aliphatic heterocycles. The molecule has 0 bridgehead atoms. The molecular formula is C15H29Cl2N3O2. The molecule has 1 amide bonds. The van der Waals surface area contributed by atoms with Crippen molar-refractivity contribution in [3.05, 3.63) is 0 Å². The maximum absolute atomic E-state index is 12.9. The van der Waals surface area contributed by atoms with Gasteiger partial charge >= 0.3 is 0 Å². The fourth-order valence-corrected chi connectivity index (χ4v) is 4.05. The molecule has 3 fully saturated rings. The Hall–Kier alpha value is -0.0700. The van der Waals surface area contributed by atoms with E-state index in [1.807, 2.05) is 0 Å². The van der Waals surface area contributed by atoms with Crippen molar-refractivity contribution in [3.8, 4) is 0 Å². The normalized spacial score (nSPS) is 28.6. The summed E-state index contributed by atoms with van der Waals surface area (Å²) < 4.78 is 5.69. The van der Waals surface area contributed by atoms with Gasteiger partial charge in [0.25, 0.3) is 5.91 Å². The van der Waals surface area contributed by atoms with Crippen molar-refractivity contribution in [1.29, 1.82) is 0 Å². The van der Waals surface area contributed by atoms with E-state index < -0.39 is 0 Å². The Morgan fingerprint density at radius 1 is 1.18 bits per heavy atom. The lowest BCUT2D eigenvalue weighted by molar-refractivity contribution is -0.158. The topological polar surface area (TPSA) is 44.8 Å². The quantitative estimate of drug-likeness (QED) is 0.771. The Morgan fingerprint density at radius 3 is 2.55 bits per heavy atom. The van der Waals surface area contributed by atoms with Crippen LogP contribution in [-0.4, -0.2) is 73.7 Å². The maximum Gasteiger partial charge on any atom is 0.253 e. The molecular weight excluding hydrogens is 325 g/mol. The number of nitrogens with zero attached hydrogens (tertiary/aromatic N) is 2.